The van der Waals surface area contributed by atoms with Crippen molar-refractivity contribution in [3.05, 3.63) is 68.2 Å². The molecule has 2 aliphatic heterocycles. The number of rotatable bonds is 5. The first-order chi connectivity index (χ1) is 13.5. The fourth-order valence-corrected chi connectivity index (χ4v) is 4.24. The van der Waals surface area contributed by atoms with Crippen molar-refractivity contribution in [3.8, 4) is 0 Å². The number of nitrogens with zero attached hydrogens (tertiary/aromatic N) is 3. The highest BCUT2D eigenvalue weighted by Gasteiger charge is 2.26. The number of benzene rings is 1. The Bertz CT molecular complexity index is 985. The molecule has 0 radical (unpaired) electrons. The van der Waals surface area contributed by atoms with E-state index >= 15 is 0 Å². The van der Waals surface area contributed by atoms with Crippen LogP contribution in [0.4, 0.5) is 4.39 Å². The van der Waals surface area contributed by atoms with Crippen molar-refractivity contribution in [1.82, 2.24) is 14.0 Å². The summed E-state index contributed by atoms with van der Waals surface area (Å²) >= 11 is 0. The SMILES string of the molecule is O=C(c1ccc(F)cc1)C1CCN(CCn2c(=O)cc3n(c2=O)CCC3)CC1. The second-order valence-electron chi connectivity index (χ2n) is 7.65. The van der Waals surface area contributed by atoms with Crippen LogP contribution in [0.25, 0.3) is 0 Å². The van der Waals surface area contributed by atoms with Crippen LogP contribution in [0.2, 0.25) is 0 Å². The van der Waals surface area contributed by atoms with Gasteiger partial charge in [0, 0.05) is 42.9 Å². The Morgan fingerprint density at radius 3 is 2.46 bits per heavy atom. The zero-order chi connectivity index (χ0) is 19.7. The molecule has 148 valence electrons. The molecule has 1 aromatic carbocycles. The summed E-state index contributed by atoms with van der Waals surface area (Å²) in [7, 11) is 0. The van der Waals surface area contributed by atoms with Crippen molar-refractivity contribution in [2.24, 2.45) is 5.92 Å². The quantitative estimate of drug-likeness (QED) is 0.735. The highest BCUT2D eigenvalue weighted by atomic mass is 19.1. The van der Waals surface area contributed by atoms with Gasteiger partial charge in [0.15, 0.2) is 5.78 Å². The van der Waals surface area contributed by atoms with Gasteiger partial charge >= 0.3 is 5.69 Å². The maximum atomic E-state index is 13.0. The van der Waals surface area contributed by atoms with Crippen molar-refractivity contribution in [2.45, 2.75) is 38.8 Å². The van der Waals surface area contributed by atoms with Crippen LogP contribution in [-0.4, -0.2) is 39.5 Å². The smallest absolute Gasteiger partial charge is 0.302 e. The van der Waals surface area contributed by atoms with Crippen LogP contribution in [0, 0.1) is 11.7 Å². The molecular formula is C21H24FN3O3. The third-order valence-corrected chi connectivity index (χ3v) is 5.91. The van der Waals surface area contributed by atoms with E-state index in [4.69, 9.17) is 0 Å². The largest absolute Gasteiger partial charge is 0.331 e. The van der Waals surface area contributed by atoms with Gasteiger partial charge in [0.1, 0.15) is 5.82 Å². The number of piperidine rings is 1. The van der Waals surface area contributed by atoms with Crippen molar-refractivity contribution in [1.29, 1.82) is 0 Å². The molecule has 2 aromatic rings. The van der Waals surface area contributed by atoms with Crippen LogP contribution in [0.3, 0.4) is 0 Å². The molecule has 28 heavy (non-hydrogen) atoms. The molecule has 1 fully saturated rings. The molecule has 2 aliphatic rings. The Balaban J connectivity index is 1.34. The maximum absolute atomic E-state index is 13.0. The third kappa shape index (κ3) is 3.71. The molecule has 6 nitrogen and oxygen atoms in total. The number of ketones is 1. The molecule has 1 aromatic heterocycles. The minimum Gasteiger partial charge on any atom is -0.302 e. The topological polar surface area (TPSA) is 64.3 Å². The summed E-state index contributed by atoms with van der Waals surface area (Å²) in [5.74, 6) is -0.341. The van der Waals surface area contributed by atoms with E-state index in [0.29, 0.717) is 25.2 Å². The first-order valence-electron chi connectivity index (χ1n) is 9.88. The third-order valence-electron chi connectivity index (χ3n) is 5.91. The molecular weight excluding hydrogens is 361 g/mol. The minimum absolute atomic E-state index is 0.0601. The van der Waals surface area contributed by atoms with Crippen LogP contribution in [0.1, 0.15) is 35.3 Å². The van der Waals surface area contributed by atoms with E-state index in [1.54, 1.807) is 10.6 Å². The number of fused-ring (bicyclic) bond motifs is 1. The van der Waals surface area contributed by atoms with Gasteiger partial charge in [0.25, 0.3) is 5.56 Å². The molecule has 0 bridgehead atoms. The standard InChI is InChI=1S/C21H24FN3O3/c22-17-5-3-15(4-6-17)20(27)16-7-10-23(11-8-16)12-13-25-19(26)14-18-2-1-9-24(18)21(25)28/h3-6,14,16H,1-2,7-13H2. The van der Waals surface area contributed by atoms with Crippen LogP contribution in [0.5, 0.6) is 0 Å². The number of halogens is 1. The number of aromatic nitrogens is 2. The van der Waals surface area contributed by atoms with E-state index in [1.165, 1.54) is 28.8 Å². The first-order valence-corrected chi connectivity index (χ1v) is 9.88. The predicted octanol–water partition coefficient (Wildman–Crippen LogP) is 1.69. The number of hydrogen-bond donors (Lipinski definition) is 0. The van der Waals surface area contributed by atoms with E-state index in [1.807, 2.05) is 0 Å². The van der Waals surface area contributed by atoms with E-state index in [-0.39, 0.29) is 28.8 Å². The summed E-state index contributed by atoms with van der Waals surface area (Å²) in [6.45, 7) is 3.17. The molecule has 3 heterocycles. The molecule has 4 rings (SSSR count). The number of carbonyl (C=O) groups excluding carboxylic acids is 1. The summed E-state index contributed by atoms with van der Waals surface area (Å²) in [5, 5.41) is 0. The Kier molecular flexibility index (Phi) is 5.26. The molecule has 7 heteroatoms. The number of carbonyl (C=O) groups is 1. The lowest BCUT2D eigenvalue weighted by molar-refractivity contribution is 0.0837. The highest BCUT2D eigenvalue weighted by Crippen LogP contribution is 2.22. The lowest BCUT2D eigenvalue weighted by Crippen LogP contribution is -2.44. The minimum atomic E-state index is -0.343. The molecule has 0 atom stereocenters. The Hall–Kier alpha value is -2.54. The van der Waals surface area contributed by atoms with Gasteiger partial charge in [0.2, 0.25) is 0 Å². The van der Waals surface area contributed by atoms with Gasteiger partial charge in [-0.3, -0.25) is 18.7 Å². The fourth-order valence-electron chi connectivity index (χ4n) is 4.24. The summed E-state index contributed by atoms with van der Waals surface area (Å²) in [5.41, 5.74) is 0.963. The summed E-state index contributed by atoms with van der Waals surface area (Å²) in [6.07, 6.45) is 3.16. The van der Waals surface area contributed by atoms with E-state index < -0.39 is 0 Å². The van der Waals surface area contributed by atoms with E-state index in [9.17, 15) is 18.8 Å². The highest BCUT2D eigenvalue weighted by molar-refractivity contribution is 5.97. The average Bonchev–Trinajstić information content (AvgIpc) is 3.17. The lowest BCUT2D eigenvalue weighted by Gasteiger charge is -2.31. The zero-order valence-corrected chi connectivity index (χ0v) is 15.8. The molecule has 0 saturated carbocycles. The predicted molar refractivity (Wildman–Crippen MR) is 103 cm³/mol. The summed E-state index contributed by atoms with van der Waals surface area (Å²) < 4.78 is 16.1. The van der Waals surface area contributed by atoms with Crippen LogP contribution in [0.15, 0.2) is 39.9 Å². The maximum Gasteiger partial charge on any atom is 0.331 e. The number of aryl methyl sites for hydroxylation is 1. The van der Waals surface area contributed by atoms with Gasteiger partial charge in [-0.1, -0.05) is 0 Å². The van der Waals surface area contributed by atoms with Gasteiger partial charge in [0.05, 0.1) is 0 Å². The molecule has 0 unspecified atom stereocenters. The van der Waals surface area contributed by atoms with Crippen molar-refractivity contribution in [3.63, 3.8) is 0 Å². The summed E-state index contributed by atoms with van der Waals surface area (Å²) in [6, 6.07) is 7.29. The van der Waals surface area contributed by atoms with Crippen molar-refractivity contribution in [2.75, 3.05) is 19.6 Å². The monoisotopic (exact) mass is 385 g/mol. The Morgan fingerprint density at radius 1 is 1.04 bits per heavy atom. The molecule has 0 aliphatic carbocycles. The van der Waals surface area contributed by atoms with Gasteiger partial charge in [-0.05, 0) is 63.0 Å². The first kappa shape index (κ1) is 18.8. The average molecular weight is 385 g/mol. The summed E-state index contributed by atoms with van der Waals surface area (Å²) in [4.78, 5) is 39.5. The molecule has 0 spiro atoms. The van der Waals surface area contributed by atoms with Crippen LogP contribution < -0.4 is 11.2 Å². The van der Waals surface area contributed by atoms with E-state index in [2.05, 4.69) is 4.90 Å². The van der Waals surface area contributed by atoms with E-state index in [0.717, 1.165) is 44.5 Å². The Morgan fingerprint density at radius 2 is 1.75 bits per heavy atom. The van der Waals surface area contributed by atoms with Crippen molar-refractivity contribution >= 4 is 5.78 Å². The number of likely N-dealkylation sites (tertiary alicyclic amines) is 1. The Labute approximate surface area is 162 Å². The molecule has 0 amide bonds. The zero-order valence-electron chi connectivity index (χ0n) is 15.8. The molecule has 1 saturated heterocycles. The second kappa shape index (κ2) is 7.83. The van der Waals surface area contributed by atoms with Gasteiger partial charge in [-0.2, -0.15) is 0 Å². The lowest BCUT2D eigenvalue weighted by atomic mass is 9.89. The fraction of sp³-hybridized carbons (Fsp3) is 0.476. The van der Waals surface area contributed by atoms with Crippen LogP contribution in [-0.2, 0) is 19.5 Å². The van der Waals surface area contributed by atoms with Gasteiger partial charge in [-0.25, -0.2) is 9.18 Å². The van der Waals surface area contributed by atoms with Crippen molar-refractivity contribution < 1.29 is 9.18 Å². The van der Waals surface area contributed by atoms with Gasteiger partial charge in [-0.15, -0.1) is 0 Å². The van der Waals surface area contributed by atoms with Gasteiger partial charge < -0.3 is 4.90 Å². The number of hydrogen-bond acceptors (Lipinski definition) is 4. The second-order valence-corrected chi connectivity index (χ2v) is 7.65. The number of Topliss-reactive ketones (excluding diaryl/α,β-unsaturated/α-hetero) is 1. The molecule has 0 N–H and O–H groups in total. The normalized spacial score (nSPS) is 17.6. The van der Waals surface area contributed by atoms with Crippen LogP contribution >= 0.6 is 0 Å².